The van der Waals surface area contributed by atoms with Gasteiger partial charge in [0.25, 0.3) is 0 Å². The SMILES string of the molecule is CC(C)(C)OC(=O)N1CCN=C(NCCN2CCCCCC2)C1. The number of aliphatic imine (C=N–C) groups is 1. The number of nitrogens with zero attached hydrogens (tertiary/aromatic N) is 3. The largest absolute Gasteiger partial charge is 0.444 e. The summed E-state index contributed by atoms with van der Waals surface area (Å²) in [6.07, 6.45) is 5.10. The fraction of sp³-hybridized carbons (Fsp3) is 0.882. The molecule has 0 atom stereocenters. The molecule has 1 fully saturated rings. The predicted molar refractivity (Wildman–Crippen MR) is 93.0 cm³/mol. The molecule has 0 aromatic carbocycles. The smallest absolute Gasteiger partial charge is 0.410 e. The number of hydrogen-bond donors (Lipinski definition) is 1. The molecule has 23 heavy (non-hydrogen) atoms. The maximum Gasteiger partial charge on any atom is 0.410 e. The second kappa shape index (κ2) is 8.52. The van der Waals surface area contributed by atoms with E-state index in [1.807, 2.05) is 20.8 Å². The Labute approximate surface area is 140 Å². The van der Waals surface area contributed by atoms with Crippen molar-refractivity contribution in [1.29, 1.82) is 0 Å². The lowest BCUT2D eigenvalue weighted by Gasteiger charge is -2.30. The molecule has 0 saturated carbocycles. The number of likely N-dealkylation sites (tertiary alicyclic amines) is 1. The van der Waals surface area contributed by atoms with Crippen molar-refractivity contribution in [3.05, 3.63) is 0 Å². The number of carbonyl (C=O) groups is 1. The molecule has 0 spiro atoms. The minimum atomic E-state index is -0.452. The van der Waals surface area contributed by atoms with Crippen LogP contribution >= 0.6 is 0 Å². The molecule has 0 bridgehead atoms. The lowest BCUT2D eigenvalue weighted by molar-refractivity contribution is 0.0276. The van der Waals surface area contributed by atoms with Gasteiger partial charge in [0.05, 0.1) is 13.1 Å². The average molecular weight is 324 g/mol. The molecule has 0 aliphatic carbocycles. The molecule has 2 heterocycles. The van der Waals surface area contributed by atoms with Gasteiger partial charge in [-0.1, -0.05) is 12.8 Å². The predicted octanol–water partition coefficient (Wildman–Crippen LogP) is 2.10. The highest BCUT2D eigenvalue weighted by molar-refractivity contribution is 5.87. The maximum atomic E-state index is 12.1. The van der Waals surface area contributed by atoms with E-state index in [1.165, 1.54) is 38.8 Å². The van der Waals surface area contributed by atoms with Crippen molar-refractivity contribution < 1.29 is 9.53 Å². The van der Waals surface area contributed by atoms with Gasteiger partial charge in [0.15, 0.2) is 0 Å². The molecule has 0 unspecified atom stereocenters. The van der Waals surface area contributed by atoms with Crippen LogP contribution in [0.1, 0.15) is 46.5 Å². The first-order chi connectivity index (χ1) is 10.9. The topological polar surface area (TPSA) is 57.2 Å². The standard InChI is InChI=1S/C17H32N4O2/c1-17(2,3)23-16(22)21-13-9-19-15(14-21)18-8-12-20-10-6-4-5-7-11-20/h4-14H2,1-3H3,(H,18,19). The number of amidine groups is 1. The fourth-order valence-corrected chi connectivity index (χ4v) is 2.93. The van der Waals surface area contributed by atoms with Crippen molar-refractivity contribution in [2.45, 2.75) is 52.1 Å². The number of carbonyl (C=O) groups excluding carboxylic acids is 1. The van der Waals surface area contributed by atoms with E-state index < -0.39 is 5.60 Å². The van der Waals surface area contributed by atoms with E-state index in [4.69, 9.17) is 4.74 Å². The summed E-state index contributed by atoms with van der Waals surface area (Å²) in [4.78, 5) is 20.9. The molecule has 132 valence electrons. The highest BCUT2D eigenvalue weighted by atomic mass is 16.6. The van der Waals surface area contributed by atoms with E-state index in [-0.39, 0.29) is 6.09 Å². The highest BCUT2D eigenvalue weighted by Crippen LogP contribution is 2.11. The van der Waals surface area contributed by atoms with Crippen LogP contribution in [0, 0.1) is 0 Å². The molecule has 1 amide bonds. The van der Waals surface area contributed by atoms with Gasteiger partial charge in [0.1, 0.15) is 11.4 Å². The molecule has 2 rings (SSSR count). The Balaban J connectivity index is 1.71. The molecule has 0 aromatic rings. The third-order valence-electron chi connectivity index (χ3n) is 4.12. The molecule has 2 aliphatic rings. The number of ether oxygens (including phenoxy) is 1. The van der Waals surface area contributed by atoms with Crippen LogP contribution in [-0.2, 0) is 4.74 Å². The minimum absolute atomic E-state index is 0.251. The highest BCUT2D eigenvalue weighted by Gasteiger charge is 2.24. The Hall–Kier alpha value is -1.30. The van der Waals surface area contributed by atoms with Gasteiger partial charge in [-0.3, -0.25) is 9.89 Å². The summed E-state index contributed by atoms with van der Waals surface area (Å²) in [5, 5.41) is 3.40. The van der Waals surface area contributed by atoms with E-state index >= 15 is 0 Å². The number of rotatable bonds is 3. The van der Waals surface area contributed by atoms with Crippen LogP contribution in [0.25, 0.3) is 0 Å². The Bertz CT molecular complexity index is 409. The number of nitrogens with one attached hydrogen (secondary N) is 1. The normalized spacial score (nSPS) is 20.7. The van der Waals surface area contributed by atoms with Crippen LogP contribution in [0.2, 0.25) is 0 Å². The Morgan fingerprint density at radius 1 is 1.17 bits per heavy atom. The molecule has 0 aromatic heterocycles. The first-order valence-electron chi connectivity index (χ1n) is 8.91. The van der Waals surface area contributed by atoms with Crippen LogP contribution in [0.15, 0.2) is 4.99 Å². The minimum Gasteiger partial charge on any atom is -0.444 e. The second-order valence-electron chi connectivity index (χ2n) is 7.41. The van der Waals surface area contributed by atoms with Gasteiger partial charge in [-0.25, -0.2) is 4.79 Å². The van der Waals surface area contributed by atoms with Crippen LogP contribution in [0.3, 0.4) is 0 Å². The monoisotopic (exact) mass is 324 g/mol. The lowest BCUT2D eigenvalue weighted by atomic mass is 10.2. The van der Waals surface area contributed by atoms with E-state index in [0.717, 1.165) is 18.9 Å². The first kappa shape index (κ1) is 18.0. The Kier molecular flexibility index (Phi) is 6.69. The van der Waals surface area contributed by atoms with Crippen molar-refractivity contribution in [2.24, 2.45) is 4.99 Å². The molecular weight excluding hydrogens is 292 g/mol. The molecule has 0 radical (unpaired) electrons. The lowest BCUT2D eigenvalue weighted by Crippen LogP contribution is -2.48. The van der Waals surface area contributed by atoms with Crippen molar-refractivity contribution in [2.75, 3.05) is 45.8 Å². The molecular formula is C17H32N4O2. The van der Waals surface area contributed by atoms with Crippen molar-refractivity contribution >= 4 is 11.9 Å². The zero-order valence-corrected chi connectivity index (χ0v) is 14.9. The van der Waals surface area contributed by atoms with Crippen molar-refractivity contribution in [3.63, 3.8) is 0 Å². The van der Waals surface area contributed by atoms with Gasteiger partial charge in [-0.05, 0) is 46.7 Å². The number of amides is 1. The van der Waals surface area contributed by atoms with Gasteiger partial charge in [-0.15, -0.1) is 0 Å². The second-order valence-corrected chi connectivity index (χ2v) is 7.41. The first-order valence-corrected chi connectivity index (χ1v) is 8.91. The van der Waals surface area contributed by atoms with Crippen LogP contribution in [0.4, 0.5) is 4.79 Å². The summed E-state index contributed by atoms with van der Waals surface area (Å²) >= 11 is 0. The zero-order valence-electron chi connectivity index (χ0n) is 14.9. The van der Waals surface area contributed by atoms with E-state index in [1.54, 1.807) is 4.90 Å². The van der Waals surface area contributed by atoms with Gasteiger partial charge in [0, 0.05) is 19.6 Å². The van der Waals surface area contributed by atoms with Crippen LogP contribution < -0.4 is 5.32 Å². The molecule has 1 N–H and O–H groups in total. The Morgan fingerprint density at radius 2 is 1.87 bits per heavy atom. The summed E-state index contributed by atoms with van der Waals surface area (Å²) in [6.45, 7) is 11.8. The summed E-state index contributed by atoms with van der Waals surface area (Å²) in [6, 6.07) is 0. The van der Waals surface area contributed by atoms with Gasteiger partial charge in [-0.2, -0.15) is 0 Å². The summed E-state index contributed by atoms with van der Waals surface area (Å²) in [7, 11) is 0. The molecule has 6 nitrogen and oxygen atoms in total. The Morgan fingerprint density at radius 3 is 2.52 bits per heavy atom. The van der Waals surface area contributed by atoms with Crippen LogP contribution in [0.5, 0.6) is 0 Å². The van der Waals surface area contributed by atoms with Gasteiger partial charge >= 0.3 is 6.09 Å². The maximum absolute atomic E-state index is 12.1. The molecule has 6 heteroatoms. The number of hydrogen-bond acceptors (Lipinski definition) is 5. The zero-order chi connectivity index (χ0) is 16.7. The summed E-state index contributed by atoms with van der Waals surface area (Å²) < 4.78 is 5.44. The van der Waals surface area contributed by atoms with Crippen molar-refractivity contribution in [1.82, 2.24) is 15.1 Å². The molecule has 1 saturated heterocycles. The third-order valence-corrected chi connectivity index (χ3v) is 4.12. The van der Waals surface area contributed by atoms with E-state index in [0.29, 0.717) is 19.6 Å². The van der Waals surface area contributed by atoms with Crippen molar-refractivity contribution in [3.8, 4) is 0 Å². The van der Waals surface area contributed by atoms with Crippen LogP contribution in [-0.4, -0.2) is 73.1 Å². The molecule has 2 aliphatic heterocycles. The van der Waals surface area contributed by atoms with Gasteiger partial charge < -0.3 is 15.0 Å². The fourth-order valence-electron chi connectivity index (χ4n) is 2.93. The van der Waals surface area contributed by atoms with E-state index in [9.17, 15) is 4.79 Å². The summed E-state index contributed by atoms with van der Waals surface area (Å²) in [5.41, 5.74) is -0.452. The third kappa shape index (κ3) is 6.77. The quantitative estimate of drug-likeness (QED) is 0.864. The summed E-state index contributed by atoms with van der Waals surface area (Å²) in [5.74, 6) is 0.900. The van der Waals surface area contributed by atoms with Gasteiger partial charge in [0.2, 0.25) is 0 Å². The van der Waals surface area contributed by atoms with E-state index in [2.05, 4.69) is 15.2 Å². The average Bonchev–Trinajstić information content (AvgIpc) is 2.75.